The first kappa shape index (κ1) is 14.0. The molecule has 0 aliphatic carbocycles. The number of carbonyl (C=O) groups is 2. The Labute approximate surface area is 105 Å². The standard InChI is InChI=1S/C11H17N3O4/c1-7(2)17-10(15)4-5-12-11(16)13-9-6-8(3)18-14-9/h6-7H,4-5H2,1-3H3,(H2,12,13,14,16). The number of aryl methyl sites for hydroxylation is 1. The van der Waals surface area contributed by atoms with E-state index < -0.39 is 6.03 Å². The highest BCUT2D eigenvalue weighted by molar-refractivity contribution is 5.88. The van der Waals surface area contributed by atoms with Crippen molar-refractivity contribution in [3.63, 3.8) is 0 Å². The van der Waals surface area contributed by atoms with Crippen LogP contribution < -0.4 is 10.6 Å². The molecule has 2 N–H and O–H groups in total. The predicted octanol–water partition coefficient (Wildman–Crippen LogP) is 1.45. The lowest BCUT2D eigenvalue weighted by Crippen LogP contribution is -2.31. The summed E-state index contributed by atoms with van der Waals surface area (Å²) in [5.41, 5.74) is 0. The van der Waals surface area contributed by atoms with Crippen LogP contribution in [0.25, 0.3) is 0 Å². The van der Waals surface area contributed by atoms with Gasteiger partial charge in [-0.2, -0.15) is 0 Å². The van der Waals surface area contributed by atoms with Crippen molar-refractivity contribution in [2.75, 3.05) is 11.9 Å². The first-order valence-corrected chi connectivity index (χ1v) is 5.65. The van der Waals surface area contributed by atoms with Crippen LogP contribution in [0.5, 0.6) is 0 Å². The van der Waals surface area contributed by atoms with E-state index in [0.717, 1.165) is 0 Å². The van der Waals surface area contributed by atoms with Gasteiger partial charge in [0.15, 0.2) is 5.82 Å². The van der Waals surface area contributed by atoms with Crippen LogP contribution in [0.2, 0.25) is 0 Å². The van der Waals surface area contributed by atoms with Crippen molar-refractivity contribution >= 4 is 17.8 Å². The van der Waals surface area contributed by atoms with E-state index in [9.17, 15) is 9.59 Å². The van der Waals surface area contributed by atoms with Crippen LogP contribution in [0, 0.1) is 6.92 Å². The number of carbonyl (C=O) groups excluding carboxylic acids is 2. The summed E-state index contributed by atoms with van der Waals surface area (Å²) in [5.74, 6) is 0.586. The number of nitrogens with one attached hydrogen (secondary N) is 2. The summed E-state index contributed by atoms with van der Waals surface area (Å²) in [5, 5.41) is 8.58. The van der Waals surface area contributed by atoms with Gasteiger partial charge in [0.25, 0.3) is 0 Å². The van der Waals surface area contributed by atoms with E-state index in [0.29, 0.717) is 11.6 Å². The van der Waals surface area contributed by atoms with Crippen LogP contribution >= 0.6 is 0 Å². The second-order valence-electron chi connectivity index (χ2n) is 3.99. The summed E-state index contributed by atoms with van der Waals surface area (Å²) in [4.78, 5) is 22.5. The van der Waals surface area contributed by atoms with E-state index in [1.54, 1.807) is 26.8 Å². The van der Waals surface area contributed by atoms with Crippen molar-refractivity contribution in [3.8, 4) is 0 Å². The topological polar surface area (TPSA) is 93.5 Å². The average molecular weight is 255 g/mol. The fourth-order valence-electron chi connectivity index (χ4n) is 1.19. The second kappa shape index (κ2) is 6.63. The van der Waals surface area contributed by atoms with E-state index >= 15 is 0 Å². The number of ether oxygens (including phenoxy) is 1. The fraction of sp³-hybridized carbons (Fsp3) is 0.545. The van der Waals surface area contributed by atoms with Crippen molar-refractivity contribution in [1.29, 1.82) is 0 Å². The minimum atomic E-state index is -0.444. The third kappa shape index (κ3) is 5.33. The third-order valence-corrected chi connectivity index (χ3v) is 1.85. The van der Waals surface area contributed by atoms with Gasteiger partial charge in [-0.05, 0) is 20.8 Å². The lowest BCUT2D eigenvalue weighted by atomic mass is 10.4. The minimum absolute atomic E-state index is 0.128. The monoisotopic (exact) mass is 255 g/mol. The number of amides is 2. The third-order valence-electron chi connectivity index (χ3n) is 1.85. The molecule has 0 atom stereocenters. The van der Waals surface area contributed by atoms with Crippen LogP contribution in [0.4, 0.5) is 10.6 Å². The van der Waals surface area contributed by atoms with Crippen LogP contribution in [-0.2, 0) is 9.53 Å². The summed E-state index contributed by atoms with van der Waals surface area (Å²) >= 11 is 0. The van der Waals surface area contributed by atoms with Crippen molar-refractivity contribution in [2.24, 2.45) is 0 Å². The zero-order valence-electron chi connectivity index (χ0n) is 10.6. The Balaban J connectivity index is 2.19. The SMILES string of the molecule is Cc1cc(NC(=O)NCCC(=O)OC(C)C)no1. The summed E-state index contributed by atoms with van der Waals surface area (Å²) in [7, 11) is 0. The minimum Gasteiger partial charge on any atom is -0.463 e. The molecule has 0 saturated heterocycles. The quantitative estimate of drug-likeness (QED) is 0.776. The van der Waals surface area contributed by atoms with Crippen LogP contribution in [0.15, 0.2) is 10.6 Å². The number of urea groups is 1. The maximum Gasteiger partial charge on any atom is 0.320 e. The van der Waals surface area contributed by atoms with Gasteiger partial charge in [-0.15, -0.1) is 0 Å². The molecule has 0 aromatic carbocycles. The average Bonchev–Trinajstić information content (AvgIpc) is 2.62. The highest BCUT2D eigenvalue weighted by Crippen LogP contribution is 2.06. The van der Waals surface area contributed by atoms with E-state index in [-0.39, 0.29) is 25.0 Å². The molecule has 18 heavy (non-hydrogen) atoms. The molecule has 1 heterocycles. The Hall–Kier alpha value is -2.05. The van der Waals surface area contributed by atoms with Gasteiger partial charge in [-0.25, -0.2) is 4.79 Å². The van der Waals surface area contributed by atoms with Crippen molar-refractivity contribution < 1.29 is 18.8 Å². The zero-order valence-corrected chi connectivity index (χ0v) is 10.6. The van der Waals surface area contributed by atoms with Gasteiger partial charge in [0, 0.05) is 12.6 Å². The highest BCUT2D eigenvalue weighted by Gasteiger charge is 2.08. The van der Waals surface area contributed by atoms with E-state index in [1.165, 1.54) is 0 Å². The van der Waals surface area contributed by atoms with Crippen molar-refractivity contribution in [3.05, 3.63) is 11.8 Å². The Morgan fingerprint density at radius 2 is 2.22 bits per heavy atom. The normalized spacial score (nSPS) is 10.2. The number of aromatic nitrogens is 1. The maximum absolute atomic E-state index is 11.4. The Bertz CT molecular complexity index is 414. The summed E-state index contributed by atoms with van der Waals surface area (Å²) < 4.78 is 9.70. The van der Waals surface area contributed by atoms with E-state index in [2.05, 4.69) is 15.8 Å². The first-order valence-electron chi connectivity index (χ1n) is 5.65. The van der Waals surface area contributed by atoms with Crippen molar-refractivity contribution in [1.82, 2.24) is 10.5 Å². The molecule has 1 aromatic rings. The molecule has 100 valence electrons. The smallest absolute Gasteiger partial charge is 0.320 e. The second-order valence-corrected chi connectivity index (χ2v) is 3.99. The first-order chi connectivity index (χ1) is 8.47. The van der Waals surface area contributed by atoms with E-state index in [1.807, 2.05) is 0 Å². The van der Waals surface area contributed by atoms with Gasteiger partial charge < -0.3 is 14.6 Å². The van der Waals surface area contributed by atoms with Crippen molar-refractivity contribution in [2.45, 2.75) is 33.3 Å². The number of nitrogens with zero attached hydrogens (tertiary/aromatic N) is 1. The highest BCUT2D eigenvalue weighted by atomic mass is 16.5. The summed E-state index contributed by atoms with van der Waals surface area (Å²) in [6.07, 6.45) is -0.0203. The van der Waals surface area contributed by atoms with Gasteiger partial charge in [-0.1, -0.05) is 5.16 Å². The molecular formula is C11H17N3O4. The maximum atomic E-state index is 11.4. The lowest BCUT2D eigenvalue weighted by molar-refractivity contribution is -0.147. The van der Waals surface area contributed by atoms with E-state index in [4.69, 9.17) is 9.26 Å². The van der Waals surface area contributed by atoms with Crippen LogP contribution in [0.3, 0.4) is 0 Å². The zero-order chi connectivity index (χ0) is 13.5. The molecule has 0 spiro atoms. The molecule has 0 unspecified atom stereocenters. The van der Waals surface area contributed by atoms with Gasteiger partial charge in [0.1, 0.15) is 5.76 Å². The lowest BCUT2D eigenvalue weighted by Gasteiger charge is -2.08. The van der Waals surface area contributed by atoms with Gasteiger partial charge in [0.05, 0.1) is 12.5 Å². The molecule has 0 fully saturated rings. The Morgan fingerprint density at radius 3 is 2.78 bits per heavy atom. The molecule has 0 aliphatic rings. The molecule has 2 amide bonds. The predicted molar refractivity (Wildman–Crippen MR) is 64.1 cm³/mol. The largest absolute Gasteiger partial charge is 0.463 e. The summed E-state index contributed by atoms with van der Waals surface area (Å²) in [6.45, 7) is 5.46. The number of hydrogen-bond donors (Lipinski definition) is 2. The Kier molecular flexibility index (Phi) is 5.16. The Morgan fingerprint density at radius 1 is 1.50 bits per heavy atom. The molecule has 0 bridgehead atoms. The number of rotatable bonds is 5. The number of esters is 1. The molecule has 0 saturated carbocycles. The van der Waals surface area contributed by atoms with Crippen LogP contribution in [-0.4, -0.2) is 29.8 Å². The molecule has 7 nitrogen and oxygen atoms in total. The summed E-state index contributed by atoms with van der Waals surface area (Å²) in [6, 6.07) is 1.15. The molecule has 0 aliphatic heterocycles. The number of anilines is 1. The van der Waals surface area contributed by atoms with Gasteiger partial charge >= 0.3 is 12.0 Å². The molecule has 7 heteroatoms. The van der Waals surface area contributed by atoms with Gasteiger partial charge in [0.2, 0.25) is 0 Å². The molecular weight excluding hydrogens is 238 g/mol. The van der Waals surface area contributed by atoms with Gasteiger partial charge in [-0.3, -0.25) is 10.1 Å². The molecule has 0 radical (unpaired) electrons. The fourth-order valence-corrected chi connectivity index (χ4v) is 1.19. The molecule has 1 rings (SSSR count). The van der Waals surface area contributed by atoms with Crippen LogP contribution in [0.1, 0.15) is 26.0 Å². The molecule has 1 aromatic heterocycles. The number of hydrogen-bond acceptors (Lipinski definition) is 5.